The molecule has 0 atom stereocenters. The van der Waals surface area contributed by atoms with Crippen LogP contribution in [0, 0.1) is 12.3 Å². The molecule has 72 valence electrons. The van der Waals surface area contributed by atoms with Crippen LogP contribution < -0.4 is 10.6 Å². The van der Waals surface area contributed by atoms with E-state index in [1.165, 1.54) is 0 Å². The van der Waals surface area contributed by atoms with Crippen LogP contribution in [0.2, 0.25) is 0 Å². The lowest BCUT2D eigenvalue weighted by atomic mass is 10.2. The predicted octanol–water partition coefficient (Wildman–Crippen LogP) is 1.75. The summed E-state index contributed by atoms with van der Waals surface area (Å²) in [6.45, 7) is 0.253. The number of halogens is 1. The van der Waals surface area contributed by atoms with Crippen LogP contribution in [-0.4, -0.2) is 12.8 Å². The van der Waals surface area contributed by atoms with Gasteiger partial charge in [-0.05, 0) is 39.7 Å². The van der Waals surface area contributed by atoms with Gasteiger partial charge in [0.1, 0.15) is 12.4 Å². The Morgan fingerprint density at radius 2 is 2.43 bits per heavy atom. The van der Waals surface area contributed by atoms with Gasteiger partial charge in [0.2, 0.25) is 0 Å². The number of benzene rings is 1. The highest BCUT2D eigenvalue weighted by atomic mass is 79.9. The summed E-state index contributed by atoms with van der Waals surface area (Å²) in [7, 11) is 0. The first-order valence-electron chi connectivity index (χ1n) is 3.87. The third-order valence-corrected chi connectivity index (χ3v) is 2.11. The normalized spacial score (nSPS) is 10.0. The molecule has 4 heteroatoms. The van der Waals surface area contributed by atoms with Crippen LogP contribution in [0.25, 0.3) is 0 Å². The van der Waals surface area contributed by atoms with E-state index in [4.69, 9.17) is 17.0 Å². The van der Waals surface area contributed by atoms with Crippen molar-refractivity contribution in [1.82, 2.24) is 0 Å². The lowest BCUT2D eigenvalue weighted by Crippen LogP contribution is -1.95. The van der Waals surface area contributed by atoms with Gasteiger partial charge < -0.3 is 10.6 Å². The van der Waals surface area contributed by atoms with E-state index in [-0.39, 0.29) is 6.61 Å². The minimum absolute atomic E-state index is 0.253. The monoisotopic (exact) mass is 252 g/mol. The molecule has 0 aromatic heterocycles. The van der Waals surface area contributed by atoms with E-state index in [9.17, 15) is 0 Å². The molecule has 0 fully saturated rings. The highest BCUT2D eigenvalue weighted by Crippen LogP contribution is 2.25. The molecule has 0 aliphatic rings. The van der Waals surface area contributed by atoms with Crippen molar-refractivity contribution in [1.29, 1.82) is 0 Å². The largest absolute Gasteiger partial charge is 0.480 e. The second kappa shape index (κ2) is 5.30. The summed E-state index contributed by atoms with van der Waals surface area (Å²) in [5.41, 5.74) is 0.896. The van der Waals surface area contributed by atoms with E-state index in [0.717, 1.165) is 10.0 Å². The molecule has 0 spiro atoms. The fraction of sp³-hybridized carbons (Fsp3) is 0.100. The van der Waals surface area contributed by atoms with Crippen molar-refractivity contribution in [2.75, 3.05) is 6.61 Å². The van der Waals surface area contributed by atoms with Gasteiger partial charge in [-0.15, -0.1) is 6.42 Å². The van der Waals surface area contributed by atoms with Crippen molar-refractivity contribution in [3.63, 3.8) is 0 Å². The summed E-state index contributed by atoms with van der Waals surface area (Å²) >= 11 is 3.35. The van der Waals surface area contributed by atoms with Crippen LogP contribution >= 0.6 is 15.9 Å². The fourth-order valence-electron chi connectivity index (χ4n) is 0.920. The molecule has 0 unspecified atom stereocenters. The van der Waals surface area contributed by atoms with Crippen LogP contribution in [-0.2, 0) is 0 Å². The van der Waals surface area contributed by atoms with Crippen molar-refractivity contribution in [3.05, 3.63) is 28.2 Å². The maximum absolute atomic E-state index is 5.26. The summed E-state index contributed by atoms with van der Waals surface area (Å²) in [4.78, 5) is 0. The molecule has 3 nitrogen and oxygen atoms in total. The van der Waals surface area contributed by atoms with E-state index in [0.29, 0.717) is 5.75 Å². The van der Waals surface area contributed by atoms with E-state index >= 15 is 0 Å². The molecule has 0 bridgehead atoms. The van der Waals surface area contributed by atoms with Gasteiger partial charge >= 0.3 is 0 Å². The molecular weight excluding hydrogens is 244 g/mol. The third-order valence-electron chi connectivity index (χ3n) is 1.49. The Labute approximate surface area is 91.1 Å². The molecule has 0 aliphatic heterocycles. The first-order valence-corrected chi connectivity index (χ1v) is 4.66. The Balaban J connectivity index is 2.85. The van der Waals surface area contributed by atoms with E-state index < -0.39 is 0 Å². The number of terminal acetylenes is 1. The summed E-state index contributed by atoms with van der Waals surface area (Å²) in [6, 6.07) is 5.49. The number of hydrazone groups is 1. The molecule has 2 N–H and O–H groups in total. The van der Waals surface area contributed by atoms with Crippen molar-refractivity contribution in [2.24, 2.45) is 10.9 Å². The molecule has 0 radical (unpaired) electrons. The summed E-state index contributed by atoms with van der Waals surface area (Å²) in [5.74, 6) is 8.12. The van der Waals surface area contributed by atoms with Crippen molar-refractivity contribution >= 4 is 22.1 Å². The standard InChI is InChI=1S/C10H9BrN2O/c1-2-5-14-10-4-3-8(7-13-12)6-9(10)11/h1,3-4,6-7H,5,12H2. The van der Waals surface area contributed by atoms with Gasteiger partial charge in [-0.1, -0.05) is 5.92 Å². The van der Waals surface area contributed by atoms with Crippen LogP contribution in [0.15, 0.2) is 27.8 Å². The van der Waals surface area contributed by atoms with Crippen molar-refractivity contribution in [3.8, 4) is 18.1 Å². The SMILES string of the molecule is C#CCOc1ccc(C=NN)cc1Br. The number of hydrogen-bond donors (Lipinski definition) is 1. The summed E-state index contributed by atoms with van der Waals surface area (Å²) < 4.78 is 6.08. The quantitative estimate of drug-likeness (QED) is 0.386. The van der Waals surface area contributed by atoms with E-state index in [2.05, 4.69) is 27.0 Å². The second-order valence-electron chi connectivity index (χ2n) is 2.46. The van der Waals surface area contributed by atoms with Gasteiger partial charge in [0, 0.05) is 0 Å². The van der Waals surface area contributed by atoms with Gasteiger partial charge in [0.05, 0.1) is 10.7 Å². The zero-order chi connectivity index (χ0) is 10.4. The van der Waals surface area contributed by atoms with Crippen LogP contribution in [0.4, 0.5) is 0 Å². The summed E-state index contributed by atoms with van der Waals surface area (Å²) in [6.07, 6.45) is 6.63. The Morgan fingerprint density at radius 1 is 1.64 bits per heavy atom. The van der Waals surface area contributed by atoms with Gasteiger partial charge in [-0.25, -0.2) is 0 Å². The Bertz CT molecular complexity index is 382. The summed E-state index contributed by atoms with van der Waals surface area (Å²) in [5, 5.41) is 3.42. The Kier molecular flexibility index (Phi) is 4.02. The van der Waals surface area contributed by atoms with Crippen molar-refractivity contribution in [2.45, 2.75) is 0 Å². The number of hydrogen-bond acceptors (Lipinski definition) is 3. The smallest absolute Gasteiger partial charge is 0.148 e. The minimum atomic E-state index is 0.253. The third kappa shape index (κ3) is 2.79. The molecule has 0 saturated carbocycles. The molecule has 0 aliphatic carbocycles. The number of ether oxygens (including phenoxy) is 1. The van der Waals surface area contributed by atoms with Crippen LogP contribution in [0.3, 0.4) is 0 Å². The average molecular weight is 253 g/mol. The van der Waals surface area contributed by atoms with Crippen LogP contribution in [0.5, 0.6) is 5.75 Å². The van der Waals surface area contributed by atoms with Gasteiger partial charge in [0.25, 0.3) is 0 Å². The number of nitrogens with zero attached hydrogens (tertiary/aromatic N) is 1. The highest BCUT2D eigenvalue weighted by molar-refractivity contribution is 9.10. The first kappa shape index (κ1) is 10.6. The number of nitrogens with two attached hydrogens (primary N) is 1. The lowest BCUT2D eigenvalue weighted by molar-refractivity contribution is 0.368. The second-order valence-corrected chi connectivity index (χ2v) is 3.32. The minimum Gasteiger partial charge on any atom is -0.480 e. The van der Waals surface area contributed by atoms with E-state index in [1.807, 2.05) is 12.1 Å². The molecule has 0 saturated heterocycles. The van der Waals surface area contributed by atoms with Crippen molar-refractivity contribution < 1.29 is 4.74 Å². The fourth-order valence-corrected chi connectivity index (χ4v) is 1.43. The van der Waals surface area contributed by atoms with Crippen LogP contribution in [0.1, 0.15) is 5.56 Å². The number of rotatable bonds is 3. The molecule has 1 aromatic rings. The molecule has 1 aromatic carbocycles. The van der Waals surface area contributed by atoms with Gasteiger partial charge in [-0.3, -0.25) is 0 Å². The van der Waals surface area contributed by atoms with Gasteiger partial charge in [0.15, 0.2) is 0 Å². The average Bonchev–Trinajstić information content (AvgIpc) is 2.17. The first-order chi connectivity index (χ1) is 6.77. The zero-order valence-corrected chi connectivity index (χ0v) is 8.99. The molecular formula is C10H9BrN2O. The Hall–Kier alpha value is -1.47. The molecule has 0 heterocycles. The molecule has 1 rings (SSSR count). The Morgan fingerprint density at radius 3 is 3.00 bits per heavy atom. The van der Waals surface area contributed by atoms with Gasteiger partial charge in [-0.2, -0.15) is 5.10 Å². The lowest BCUT2D eigenvalue weighted by Gasteiger charge is -2.04. The topological polar surface area (TPSA) is 47.6 Å². The maximum Gasteiger partial charge on any atom is 0.148 e. The predicted molar refractivity (Wildman–Crippen MR) is 60.3 cm³/mol. The van der Waals surface area contributed by atoms with E-state index in [1.54, 1.807) is 12.3 Å². The zero-order valence-electron chi connectivity index (χ0n) is 7.40. The highest BCUT2D eigenvalue weighted by Gasteiger charge is 2.00. The molecule has 0 amide bonds. The maximum atomic E-state index is 5.26. The molecule has 14 heavy (non-hydrogen) atoms.